The van der Waals surface area contributed by atoms with Crippen molar-refractivity contribution in [2.75, 3.05) is 39.3 Å². The Morgan fingerprint density at radius 1 is 0.533 bits per heavy atom. The number of hydrogen-bond acceptors (Lipinski definition) is 6. The van der Waals surface area contributed by atoms with Crippen molar-refractivity contribution in [3.05, 3.63) is 0 Å². The fourth-order valence-corrected chi connectivity index (χ4v) is 2.84. The molecule has 0 heterocycles. The first-order chi connectivity index (χ1) is 14.2. The van der Waals surface area contributed by atoms with Crippen molar-refractivity contribution in [2.24, 2.45) is 0 Å². The number of aliphatic hydroxyl groups excluding tert-OH is 2. The van der Waals surface area contributed by atoms with Gasteiger partial charge in [-0.2, -0.15) is 0 Å². The molecule has 0 spiro atoms. The van der Waals surface area contributed by atoms with Crippen LogP contribution >= 0.6 is 0 Å². The quantitative estimate of drug-likeness (QED) is 0.309. The van der Waals surface area contributed by atoms with Crippen molar-refractivity contribution in [3.63, 3.8) is 0 Å². The molecule has 2 atom stereocenters. The van der Waals surface area contributed by atoms with Crippen LogP contribution < -0.4 is 0 Å². The topological polar surface area (TPSA) is 122 Å². The van der Waals surface area contributed by atoms with Crippen LogP contribution in [0, 0.1) is 0 Å². The van der Waals surface area contributed by atoms with Gasteiger partial charge in [-0.15, -0.1) is 0 Å². The third kappa shape index (κ3) is 21.5. The lowest BCUT2D eigenvalue weighted by molar-refractivity contribution is -0.165. The van der Waals surface area contributed by atoms with E-state index < -0.39 is 24.1 Å². The molecule has 0 bridgehead atoms. The largest absolute Gasteiger partial charge is 0.479 e. The molecule has 0 rings (SSSR count). The van der Waals surface area contributed by atoms with E-state index in [0.29, 0.717) is 0 Å². The van der Waals surface area contributed by atoms with E-state index in [2.05, 4.69) is 51.3 Å². The maximum Gasteiger partial charge on any atom is 0.335 e. The molecule has 0 aromatic heterocycles. The third-order valence-electron chi connectivity index (χ3n) is 4.04. The predicted octanol–water partition coefficient (Wildman–Crippen LogP) is 2.91. The normalized spacial score (nSPS) is 12.5. The zero-order valence-corrected chi connectivity index (χ0v) is 20.1. The average molecular weight is 437 g/mol. The summed E-state index contributed by atoms with van der Waals surface area (Å²) in [5.41, 5.74) is 0. The summed E-state index contributed by atoms with van der Waals surface area (Å²) in [5, 5.41) is 32.5. The van der Waals surface area contributed by atoms with Gasteiger partial charge in [0.15, 0.2) is 12.2 Å². The Balaban J connectivity index is -0.000000364. The summed E-state index contributed by atoms with van der Waals surface area (Å²) in [6, 6.07) is 0. The summed E-state index contributed by atoms with van der Waals surface area (Å²) in [5.74, 6) is -3.54. The Morgan fingerprint density at radius 3 is 0.800 bits per heavy atom. The summed E-state index contributed by atoms with van der Waals surface area (Å²) < 4.78 is 0. The molecule has 8 heteroatoms. The minimum atomic E-state index is -2.27. The van der Waals surface area contributed by atoms with E-state index in [1.54, 1.807) is 0 Å². The second-order valence-corrected chi connectivity index (χ2v) is 7.25. The molecular formula is C22H48N2O6. The fraction of sp³-hybridized carbons (Fsp3) is 0.909. The average Bonchev–Trinajstić information content (AvgIpc) is 2.69. The molecule has 0 aliphatic rings. The van der Waals surface area contributed by atoms with Crippen LogP contribution in [0.25, 0.3) is 0 Å². The van der Waals surface area contributed by atoms with E-state index in [1.165, 1.54) is 77.8 Å². The highest BCUT2D eigenvalue weighted by Gasteiger charge is 2.29. The summed E-state index contributed by atoms with van der Waals surface area (Å²) >= 11 is 0. The monoisotopic (exact) mass is 436 g/mol. The zero-order chi connectivity index (χ0) is 23.9. The number of nitrogens with zero attached hydrogens (tertiary/aromatic N) is 2. The Bertz CT molecular complexity index is 331. The maximum atomic E-state index is 9.77. The molecule has 0 radical (unpaired) electrons. The van der Waals surface area contributed by atoms with E-state index in [1.807, 2.05) is 0 Å². The van der Waals surface area contributed by atoms with Crippen LogP contribution in [0.3, 0.4) is 0 Å². The lowest BCUT2D eigenvalue weighted by Gasteiger charge is -2.19. The van der Waals surface area contributed by atoms with Crippen molar-refractivity contribution in [2.45, 2.75) is 92.3 Å². The van der Waals surface area contributed by atoms with Crippen molar-refractivity contribution >= 4 is 11.9 Å². The van der Waals surface area contributed by atoms with Gasteiger partial charge in [0.25, 0.3) is 0 Å². The first-order valence-electron chi connectivity index (χ1n) is 11.4. The second kappa shape index (κ2) is 24.1. The molecule has 0 aliphatic carbocycles. The summed E-state index contributed by atoms with van der Waals surface area (Å²) in [6.45, 7) is 21.2. The Morgan fingerprint density at radius 2 is 0.700 bits per heavy atom. The van der Waals surface area contributed by atoms with Crippen molar-refractivity contribution in [1.29, 1.82) is 0 Å². The molecule has 0 aliphatic heterocycles. The second-order valence-electron chi connectivity index (χ2n) is 7.25. The van der Waals surface area contributed by atoms with Gasteiger partial charge in [0.05, 0.1) is 0 Å². The van der Waals surface area contributed by atoms with Gasteiger partial charge in [-0.1, -0.05) is 41.5 Å². The Hall–Kier alpha value is -1.22. The van der Waals surface area contributed by atoms with Crippen LogP contribution in [-0.4, -0.2) is 93.6 Å². The van der Waals surface area contributed by atoms with Gasteiger partial charge < -0.3 is 30.2 Å². The number of hydrogen-bond donors (Lipinski definition) is 4. The molecule has 2 unspecified atom stereocenters. The van der Waals surface area contributed by atoms with E-state index in [0.717, 1.165) is 0 Å². The van der Waals surface area contributed by atoms with Gasteiger partial charge in [0, 0.05) is 0 Å². The number of aliphatic carboxylic acids is 2. The van der Waals surface area contributed by atoms with Crippen LogP contribution in [0.2, 0.25) is 0 Å². The number of carboxylic acid groups (broad SMARTS) is 2. The first kappa shape index (κ1) is 33.4. The predicted molar refractivity (Wildman–Crippen MR) is 122 cm³/mol. The molecule has 0 saturated carbocycles. The number of aliphatic hydroxyl groups is 2. The highest BCUT2D eigenvalue weighted by atomic mass is 16.4. The molecule has 0 amide bonds. The fourth-order valence-electron chi connectivity index (χ4n) is 2.84. The number of carbonyl (C=O) groups is 2. The minimum Gasteiger partial charge on any atom is -0.479 e. The number of rotatable bonds is 15. The lowest BCUT2D eigenvalue weighted by atomic mass is 10.2. The molecule has 30 heavy (non-hydrogen) atoms. The maximum absolute atomic E-state index is 9.77. The van der Waals surface area contributed by atoms with Gasteiger partial charge in [-0.25, -0.2) is 9.59 Å². The minimum absolute atomic E-state index is 1.28. The van der Waals surface area contributed by atoms with Crippen molar-refractivity contribution in [1.82, 2.24) is 9.80 Å². The summed E-state index contributed by atoms with van der Waals surface area (Å²) in [7, 11) is 0. The van der Waals surface area contributed by atoms with Crippen LogP contribution in [0.4, 0.5) is 0 Å². The van der Waals surface area contributed by atoms with Crippen LogP contribution in [0.15, 0.2) is 0 Å². The molecule has 0 saturated heterocycles. The smallest absolute Gasteiger partial charge is 0.335 e. The molecule has 8 nitrogen and oxygen atoms in total. The molecule has 0 aromatic rings. The van der Waals surface area contributed by atoms with E-state index in [-0.39, 0.29) is 0 Å². The van der Waals surface area contributed by atoms with Crippen LogP contribution in [0.1, 0.15) is 80.1 Å². The summed E-state index contributed by atoms with van der Waals surface area (Å²) in [4.78, 5) is 24.6. The molecular weight excluding hydrogens is 388 g/mol. The number of carboxylic acids is 2. The van der Waals surface area contributed by atoms with Crippen LogP contribution in [-0.2, 0) is 9.59 Å². The van der Waals surface area contributed by atoms with E-state index in [4.69, 9.17) is 20.4 Å². The Kier molecular flexibility index (Phi) is 26.8. The molecule has 182 valence electrons. The van der Waals surface area contributed by atoms with E-state index >= 15 is 0 Å². The third-order valence-corrected chi connectivity index (χ3v) is 4.04. The van der Waals surface area contributed by atoms with Gasteiger partial charge in [0.2, 0.25) is 0 Å². The highest BCUT2D eigenvalue weighted by molar-refractivity contribution is 5.83. The van der Waals surface area contributed by atoms with Crippen LogP contribution in [0.5, 0.6) is 0 Å². The first-order valence-corrected chi connectivity index (χ1v) is 11.4. The standard InChI is InChI=1S/2C9H21N.C4H6O6/c2*1-4-7-10(8-5-2)9-6-3;5-1(3(7)8)2(6)4(9)10/h2*4-9H2,1-3H3;1-2,5-6H,(H,7,8)(H,9,10). The molecule has 4 N–H and O–H groups in total. The van der Waals surface area contributed by atoms with Gasteiger partial charge in [0.1, 0.15) is 0 Å². The summed E-state index contributed by atoms with van der Waals surface area (Å²) in [6.07, 6.45) is 3.22. The van der Waals surface area contributed by atoms with Gasteiger partial charge in [-0.3, -0.25) is 0 Å². The van der Waals surface area contributed by atoms with Gasteiger partial charge in [-0.05, 0) is 77.8 Å². The van der Waals surface area contributed by atoms with Crippen molar-refractivity contribution in [3.8, 4) is 0 Å². The molecule has 0 aromatic carbocycles. The lowest BCUT2D eigenvalue weighted by Crippen LogP contribution is -2.39. The molecule has 0 fully saturated rings. The van der Waals surface area contributed by atoms with E-state index in [9.17, 15) is 9.59 Å². The van der Waals surface area contributed by atoms with Gasteiger partial charge >= 0.3 is 11.9 Å². The van der Waals surface area contributed by atoms with Crippen molar-refractivity contribution < 1.29 is 30.0 Å². The zero-order valence-electron chi connectivity index (χ0n) is 20.1. The highest BCUT2D eigenvalue weighted by Crippen LogP contribution is 1.96. The SMILES string of the molecule is CCCN(CCC)CCC.CCCN(CCC)CCC.O=C(O)C(O)C(O)C(=O)O. The Labute approximate surface area is 183 Å².